The van der Waals surface area contributed by atoms with E-state index in [1.807, 2.05) is 6.07 Å². The highest BCUT2D eigenvalue weighted by molar-refractivity contribution is 5.11. The maximum absolute atomic E-state index is 5.40. The second-order valence-electron chi connectivity index (χ2n) is 4.49. The first kappa shape index (κ1) is 14.2. The van der Waals surface area contributed by atoms with Gasteiger partial charge in [-0.25, -0.2) is 0 Å². The van der Waals surface area contributed by atoms with Crippen LogP contribution in [0.5, 0.6) is 0 Å². The highest BCUT2D eigenvalue weighted by atomic mass is 16.5. The number of methoxy groups -OCH3 is 1. The van der Waals surface area contributed by atoms with Crippen molar-refractivity contribution < 1.29 is 13.9 Å². The van der Waals surface area contributed by atoms with Crippen molar-refractivity contribution in [1.29, 1.82) is 0 Å². The number of nitrogens with one attached hydrogen (secondary N) is 1. The second kappa shape index (κ2) is 8.28. The van der Waals surface area contributed by atoms with Crippen molar-refractivity contribution in [3.05, 3.63) is 23.7 Å². The third kappa shape index (κ3) is 6.46. The van der Waals surface area contributed by atoms with Gasteiger partial charge in [-0.3, -0.25) is 0 Å². The van der Waals surface area contributed by atoms with Gasteiger partial charge in [-0.2, -0.15) is 0 Å². The SMILES string of the molecule is COCCOCc1cc(CNCC(C)C)co1. The van der Waals surface area contributed by atoms with Crippen molar-refractivity contribution in [2.45, 2.75) is 27.0 Å². The molecule has 0 spiro atoms. The Morgan fingerprint density at radius 3 is 2.88 bits per heavy atom. The summed E-state index contributed by atoms with van der Waals surface area (Å²) in [6.07, 6.45) is 1.78. The minimum Gasteiger partial charge on any atom is -0.467 e. The summed E-state index contributed by atoms with van der Waals surface area (Å²) < 4.78 is 15.7. The van der Waals surface area contributed by atoms with E-state index in [2.05, 4.69) is 19.2 Å². The van der Waals surface area contributed by atoms with Gasteiger partial charge < -0.3 is 19.2 Å². The van der Waals surface area contributed by atoms with Crippen molar-refractivity contribution in [2.24, 2.45) is 5.92 Å². The maximum Gasteiger partial charge on any atom is 0.129 e. The molecule has 0 aliphatic carbocycles. The molecule has 0 amide bonds. The molecular weight excluding hydrogens is 218 g/mol. The largest absolute Gasteiger partial charge is 0.467 e. The predicted molar refractivity (Wildman–Crippen MR) is 66.8 cm³/mol. The van der Waals surface area contributed by atoms with Gasteiger partial charge in [-0.15, -0.1) is 0 Å². The van der Waals surface area contributed by atoms with Gasteiger partial charge in [0.2, 0.25) is 0 Å². The molecule has 1 heterocycles. The molecule has 0 aliphatic rings. The molecule has 0 unspecified atom stereocenters. The number of rotatable bonds is 9. The molecule has 1 rings (SSSR count). The Balaban J connectivity index is 2.18. The molecule has 1 aromatic heterocycles. The standard InChI is InChI=1S/C13H23NO3/c1-11(2)7-14-8-12-6-13(17-9-12)10-16-5-4-15-3/h6,9,11,14H,4-5,7-8,10H2,1-3H3. The zero-order chi connectivity index (χ0) is 12.5. The van der Waals surface area contributed by atoms with E-state index in [0.717, 1.165) is 24.4 Å². The van der Waals surface area contributed by atoms with Crippen LogP contribution < -0.4 is 5.32 Å². The Bertz CT molecular complexity index is 297. The van der Waals surface area contributed by atoms with Gasteiger partial charge in [0.15, 0.2) is 0 Å². The van der Waals surface area contributed by atoms with Crippen LogP contribution in [0.15, 0.2) is 16.7 Å². The highest BCUT2D eigenvalue weighted by Gasteiger charge is 2.02. The lowest BCUT2D eigenvalue weighted by molar-refractivity contribution is 0.0538. The summed E-state index contributed by atoms with van der Waals surface area (Å²) >= 11 is 0. The first-order valence-electron chi connectivity index (χ1n) is 6.06. The summed E-state index contributed by atoms with van der Waals surface area (Å²) in [6.45, 7) is 7.97. The van der Waals surface area contributed by atoms with E-state index in [9.17, 15) is 0 Å². The first-order valence-corrected chi connectivity index (χ1v) is 6.06. The molecule has 0 bridgehead atoms. The van der Waals surface area contributed by atoms with Gasteiger partial charge >= 0.3 is 0 Å². The van der Waals surface area contributed by atoms with Gasteiger partial charge in [0.1, 0.15) is 12.4 Å². The van der Waals surface area contributed by atoms with E-state index in [1.165, 1.54) is 0 Å². The summed E-state index contributed by atoms with van der Waals surface area (Å²) in [6, 6.07) is 2.03. The van der Waals surface area contributed by atoms with Crippen molar-refractivity contribution in [3.63, 3.8) is 0 Å². The number of ether oxygens (including phenoxy) is 2. The fraction of sp³-hybridized carbons (Fsp3) is 0.692. The van der Waals surface area contributed by atoms with Gasteiger partial charge in [-0.05, 0) is 18.5 Å². The minimum atomic E-state index is 0.507. The van der Waals surface area contributed by atoms with E-state index in [-0.39, 0.29) is 0 Å². The van der Waals surface area contributed by atoms with Crippen LogP contribution in [0.1, 0.15) is 25.2 Å². The molecule has 0 saturated heterocycles. The number of hydrogen-bond acceptors (Lipinski definition) is 4. The molecule has 0 saturated carbocycles. The summed E-state index contributed by atoms with van der Waals surface area (Å²) in [4.78, 5) is 0. The van der Waals surface area contributed by atoms with Gasteiger partial charge in [0.05, 0.1) is 19.5 Å². The summed E-state index contributed by atoms with van der Waals surface area (Å²) in [5.74, 6) is 1.53. The molecule has 1 N–H and O–H groups in total. The van der Waals surface area contributed by atoms with Crippen LogP contribution in [-0.4, -0.2) is 26.9 Å². The smallest absolute Gasteiger partial charge is 0.129 e. The molecular formula is C13H23NO3. The van der Waals surface area contributed by atoms with E-state index in [4.69, 9.17) is 13.9 Å². The van der Waals surface area contributed by atoms with Crippen LogP contribution in [-0.2, 0) is 22.6 Å². The molecule has 0 aromatic carbocycles. The van der Waals surface area contributed by atoms with E-state index < -0.39 is 0 Å². The average molecular weight is 241 g/mol. The molecule has 4 heteroatoms. The maximum atomic E-state index is 5.40. The Morgan fingerprint density at radius 1 is 1.35 bits per heavy atom. The monoisotopic (exact) mass is 241 g/mol. The lowest BCUT2D eigenvalue weighted by Crippen LogP contribution is -2.18. The molecule has 4 nitrogen and oxygen atoms in total. The van der Waals surface area contributed by atoms with E-state index >= 15 is 0 Å². The van der Waals surface area contributed by atoms with E-state index in [0.29, 0.717) is 25.7 Å². The third-order valence-corrected chi connectivity index (χ3v) is 2.27. The Kier molecular flexibility index (Phi) is 6.93. The summed E-state index contributed by atoms with van der Waals surface area (Å²) in [5.41, 5.74) is 1.16. The van der Waals surface area contributed by atoms with Crippen molar-refractivity contribution in [3.8, 4) is 0 Å². The van der Waals surface area contributed by atoms with Crippen LogP contribution in [0.25, 0.3) is 0 Å². The summed E-state index contributed by atoms with van der Waals surface area (Å²) in [5, 5.41) is 3.37. The fourth-order valence-corrected chi connectivity index (χ4v) is 1.41. The normalized spacial score (nSPS) is 11.3. The molecule has 0 radical (unpaired) electrons. The van der Waals surface area contributed by atoms with Crippen molar-refractivity contribution >= 4 is 0 Å². The molecule has 0 aliphatic heterocycles. The molecule has 17 heavy (non-hydrogen) atoms. The third-order valence-electron chi connectivity index (χ3n) is 2.27. The molecule has 98 valence electrons. The molecule has 0 fully saturated rings. The second-order valence-corrected chi connectivity index (χ2v) is 4.49. The molecule has 0 atom stereocenters. The number of hydrogen-bond donors (Lipinski definition) is 1. The highest BCUT2D eigenvalue weighted by Crippen LogP contribution is 2.09. The van der Waals surface area contributed by atoms with Gasteiger partial charge in [0, 0.05) is 19.2 Å². The Morgan fingerprint density at radius 2 is 2.18 bits per heavy atom. The van der Waals surface area contributed by atoms with Crippen LogP contribution in [0.4, 0.5) is 0 Å². The van der Waals surface area contributed by atoms with Gasteiger partial charge in [-0.1, -0.05) is 13.8 Å². The quantitative estimate of drug-likeness (QED) is 0.673. The number of furan rings is 1. The average Bonchev–Trinajstić information content (AvgIpc) is 2.72. The van der Waals surface area contributed by atoms with Crippen molar-refractivity contribution in [2.75, 3.05) is 26.9 Å². The molecule has 1 aromatic rings. The van der Waals surface area contributed by atoms with Crippen LogP contribution in [0, 0.1) is 5.92 Å². The van der Waals surface area contributed by atoms with E-state index in [1.54, 1.807) is 13.4 Å². The lowest BCUT2D eigenvalue weighted by Gasteiger charge is -2.04. The fourth-order valence-electron chi connectivity index (χ4n) is 1.41. The first-order chi connectivity index (χ1) is 8.22. The predicted octanol–water partition coefficient (Wildman–Crippen LogP) is 2.19. The van der Waals surface area contributed by atoms with Gasteiger partial charge in [0.25, 0.3) is 0 Å². The zero-order valence-electron chi connectivity index (χ0n) is 11.0. The van der Waals surface area contributed by atoms with Crippen LogP contribution >= 0.6 is 0 Å². The minimum absolute atomic E-state index is 0.507. The Labute approximate surface area is 103 Å². The Hall–Kier alpha value is -0.840. The topological polar surface area (TPSA) is 43.6 Å². The van der Waals surface area contributed by atoms with Crippen LogP contribution in [0.3, 0.4) is 0 Å². The zero-order valence-corrected chi connectivity index (χ0v) is 11.0. The summed E-state index contributed by atoms with van der Waals surface area (Å²) in [7, 11) is 1.66. The lowest BCUT2D eigenvalue weighted by atomic mass is 10.2. The van der Waals surface area contributed by atoms with Crippen molar-refractivity contribution in [1.82, 2.24) is 5.32 Å². The van der Waals surface area contributed by atoms with Crippen LogP contribution in [0.2, 0.25) is 0 Å².